The van der Waals surface area contributed by atoms with Gasteiger partial charge in [-0.3, -0.25) is 19.5 Å². The topological polar surface area (TPSA) is 72.0 Å². The van der Waals surface area contributed by atoms with Crippen LogP contribution in [0.2, 0.25) is 0 Å². The summed E-state index contributed by atoms with van der Waals surface area (Å²) in [5, 5.41) is 0. The van der Waals surface area contributed by atoms with Crippen LogP contribution in [0.4, 0.5) is 13.2 Å². The smallest absolute Gasteiger partial charge is 0.490 e. The van der Waals surface area contributed by atoms with E-state index in [4.69, 9.17) is 4.74 Å². The Morgan fingerprint density at radius 1 is 0.907 bits per heavy atom. The van der Waals surface area contributed by atoms with Gasteiger partial charge < -0.3 is 14.4 Å². The molecular formula is C33H36F3N3O4. The van der Waals surface area contributed by atoms with Crippen LogP contribution in [0.5, 0.6) is 11.5 Å². The number of carbonyl (C=O) groups excluding carboxylic acids is 2. The van der Waals surface area contributed by atoms with Crippen molar-refractivity contribution in [1.29, 1.82) is 0 Å². The fourth-order valence-electron chi connectivity index (χ4n) is 5.66. The van der Waals surface area contributed by atoms with E-state index in [-0.39, 0.29) is 29.5 Å². The molecule has 1 aromatic heterocycles. The zero-order chi connectivity index (χ0) is 30.4. The van der Waals surface area contributed by atoms with Crippen molar-refractivity contribution >= 4 is 11.7 Å². The van der Waals surface area contributed by atoms with Gasteiger partial charge in [0.15, 0.2) is 5.78 Å². The van der Waals surface area contributed by atoms with E-state index >= 15 is 0 Å². The van der Waals surface area contributed by atoms with E-state index in [0.29, 0.717) is 37.3 Å². The number of likely N-dealkylation sites (tertiary alicyclic amines) is 2. The summed E-state index contributed by atoms with van der Waals surface area (Å²) < 4.78 is 47.7. The molecule has 2 aliphatic rings. The number of halogens is 3. The SMILES string of the molecule is Cc1ccc(OC2CCN(C(=O)c3ccc(C(=O)CC4CCN(Cc5cccc(OC(F)(F)F)c5)CC4)cn3)CC2)cc1. The average molecular weight is 596 g/mol. The van der Waals surface area contributed by atoms with Gasteiger partial charge in [0, 0.05) is 50.7 Å². The third-order valence-electron chi connectivity index (χ3n) is 8.08. The maximum Gasteiger partial charge on any atom is 0.573 e. The van der Waals surface area contributed by atoms with E-state index in [9.17, 15) is 22.8 Å². The Balaban J connectivity index is 1.05. The van der Waals surface area contributed by atoms with E-state index < -0.39 is 6.36 Å². The third kappa shape index (κ3) is 8.79. The van der Waals surface area contributed by atoms with Crippen molar-refractivity contribution in [2.45, 2.75) is 58.0 Å². The lowest BCUT2D eigenvalue weighted by atomic mass is 9.90. The Hall–Kier alpha value is -3.92. The van der Waals surface area contributed by atoms with Crippen LogP contribution in [0, 0.1) is 12.8 Å². The third-order valence-corrected chi connectivity index (χ3v) is 8.08. The molecule has 0 saturated carbocycles. The first-order chi connectivity index (χ1) is 20.6. The second kappa shape index (κ2) is 13.6. The molecule has 2 fully saturated rings. The minimum absolute atomic E-state index is 0.00369. The van der Waals surface area contributed by atoms with Crippen LogP contribution >= 0.6 is 0 Å². The van der Waals surface area contributed by atoms with Crippen LogP contribution in [0.1, 0.15) is 64.1 Å². The van der Waals surface area contributed by atoms with Crippen LogP contribution in [0.3, 0.4) is 0 Å². The fourth-order valence-corrected chi connectivity index (χ4v) is 5.66. The lowest BCUT2D eigenvalue weighted by Crippen LogP contribution is -2.42. The fraction of sp³-hybridized carbons (Fsp3) is 0.424. The Kier molecular flexibility index (Phi) is 9.65. The summed E-state index contributed by atoms with van der Waals surface area (Å²) in [7, 11) is 0. The molecule has 228 valence electrons. The van der Waals surface area contributed by atoms with Gasteiger partial charge in [0.2, 0.25) is 0 Å². The summed E-state index contributed by atoms with van der Waals surface area (Å²) in [6.07, 6.45) is 0.359. The van der Waals surface area contributed by atoms with E-state index in [2.05, 4.69) is 14.6 Å². The van der Waals surface area contributed by atoms with Crippen molar-refractivity contribution < 1.29 is 32.2 Å². The molecule has 0 atom stereocenters. The summed E-state index contributed by atoms with van der Waals surface area (Å²) in [5.41, 5.74) is 2.74. The van der Waals surface area contributed by atoms with Crippen LogP contribution in [0.25, 0.3) is 0 Å². The summed E-state index contributed by atoms with van der Waals surface area (Å²) in [6, 6.07) is 17.3. The predicted molar refractivity (Wildman–Crippen MR) is 155 cm³/mol. The first-order valence-corrected chi connectivity index (χ1v) is 14.7. The molecule has 0 aliphatic carbocycles. The number of carbonyl (C=O) groups is 2. The number of hydrogen-bond acceptors (Lipinski definition) is 6. The molecule has 5 rings (SSSR count). The standard InChI is InChI=1S/C33H36F3N3O4/c1-23-5-8-27(9-6-23)42-28-13-17-39(18-14-28)32(41)30-10-7-26(21-37-30)31(40)20-24-11-15-38(16-12-24)22-25-3-2-4-29(19-25)43-33(34,35)36/h2-10,19,21,24,28H,11-18,20,22H2,1H3. The normalized spacial score (nSPS) is 17.1. The lowest BCUT2D eigenvalue weighted by molar-refractivity contribution is -0.274. The quantitative estimate of drug-likeness (QED) is 0.265. The van der Waals surface area contributed by atoms with Gasteiger partial charge in [-0.1, -0.05) is 29.8 Å². The highest BCUT2D eigenvalue weighted by atomic mass is 19.4. The first kappa shape index (κ1) is 30.5. The number of alkyl halides is 3. The molecule has 2 aliphatic heterocycles. The summed E-state index contributed by atoms with van der Waals surface area (Å²) in [6.45, 7) is 5.23. The number of Topliss-reactive ketones (excluding diaryl/α,β-unsaturated/α-hetero) is 1. The van der Waals surface area contributed by atoms with Gasteiger partial charge in [0.1, 0.15) is 23.3 Å². The highest BCUT2D eigenvalue weighted by molar-refractivity contribution is 5.97. The molecular weight excluding hydrogens is 559 g/mol. The van der Waals surface area contributed by atoms with E-state index in [1.807, 2.05) is 31.2 Å². The minimum atomic E-state index is -4.72. The van der Waals surface area contributed by atoms with Crippen molar-refractivity contribution in [2.75, 3.05) is 26.2 Å². The summed E-state index contributed by atoms with van der Waals surface area (Å²) >= 11 is 0. The zero-order valence-corrected chi connectivity index (χ0v) is 24.2. The highest BCUT2D eigenvalue weighted by Crippen LogP contribution is 2.27. The molecule has 1 amide bonds. The van der Waals surface area contributed by atoms with Crippen molar-refractivity contribution in [1.82, 2.24) is 14.8 Å². The summed E-state index contributed by atoms with van der Waals surface area (Å²) in [4.78, 5) is 34.3. The molecule has 0 N–H and O–H groups in total. The molecule has 0 bridgehead atoms. The van der Waals surface area contributed by atoms with Crippen LogP contribution in [0.15, 0.2) is 66.9 Å². The molecule has 0 radical (unpaired) electrons. The van der Waals surface area contributed by atoms with Crippen molar-refractivity contribution in [3.05, 3.63) is 89.2 Å². The number of rotatable bonds is 9. The zero-order valence-electron chi connectivity index (χ0n) is 24.2. The number of piperidine rings is 2. The molecule has 3 aromatic rings. The van der Waals surface area contributed by atoms with Crippen LogP contribution < -0.4 is 9.47 Å². The predicted octanol–water partition coefficient (Wildman–Crippen LogP) is 6.46. The van der Waals surface area contributed by atoms with Gasteiger partial charge in [-0.2, -0.15) is 0 Å². The lowest BCUT2D eigenvalue weighted by Gasteiger charge is -2.32. The number of ketones is 1. The number of nitrogens with zero attached hydrogens (tertiary/aromatic N) is 3. The monoisotopic (exact) mass is 595 g/mol. The van der Waals surface area contributed by atoms with E-state index in [1.54, 1.807) is 29.2 Å². The second-order valence-electron chi connectivity index (χ2n) is 11.4. The molecule has 43 heavy (non-hydrogen) atoms. The van der Waals surface area contributed by atoms with Crippen molar-refractivity contribution in [2.24, 2.45) is 5.92 Å². The van der Waals surface area contributed by atoms with Crippen molar-refractivity contribution in [3.8, 4) is 11.5 Å². The summed E-state index contributed by atoms with van der Waals surface area (Å²) in [5.74, 6) is 0.687. The average Bonchev–Trinajstić information content (AvgIpc) is 2.99. The largest absolute Gasteiger partial charge is 0.573 e. The van der Waals surface area contributed by atoms with Crippen LogP contribution in [-0.4, -0.2) is 65.1 Å². The number of benzene rings is 2. The minimum Gasteiger partial charge on any atom is -0.490 e. The molecule has 3 heterocycles. The number of aromatic nitrogens is 1. The van der Waals surface area contributed by atoms with E-state index in [1.165, 1.54) is 23.9 Å². The highest BCUT2D eigenvalue weighted by Gasteiger charge is 2.31. The van der Waals surface area contributed by atoms with Crippen LogP contribution in [-0.2, 0) is 6.54 Å². The molecule has 7 nitrogen and oxygen atoms in total. The van der Waals surface area contributed by atoms with Gasteiger partial charge in [-0.25, -0.2) is 0 Å². The maximum atomic E-state index is 13.0. The van der Waals surface area contributed by atoms with Gasteiger partial charge >= 0.3 is 6.36 Å². The van der Waals surface area contributed by atoms with Crippen molar-refractivity contribution in [3.63, 3.8) is 0 Å². The number of hydrogen-bond donors (Lipinski definition) is 0. The second-order valence-corrected chi connectivity index (χ2v) is 11.4. The molecule has 0 unspecified atom stereocenters. The van der Waals surface area contributed by atoms with E-state index in [0.717, 1.165) is 50.1 Å². The number of ether oxygens (including phenoxy) is 2. The Bertz CT molecular complexity index is 1380. The van der Waals surface area contributed by atoms with Gasteiger partial charge in [-0.15, -0.1) is 13.2 Å². The Morgan fingerprint density at radius 2 is 1.63 bits per heavy atom. The molecule has 10 heteroatoms. The van der Waals surface area contributed by atoms with Gasteiger partial charge in [0.05, 0.1) is 0 Å². The molecule has 0 spiro atoms. The Morgan fingerprint density at radius 3 is 2.28 bits per heavy atom. The number of pyridine rings is 1. The number of aryl methyl sites for hydroxylation is 1. The van der Waals surface area contributed by atoms with Gasteiger partial charge in [0.25, 0.3) is 5.91 Å². The number of amides is 1. The Labute approximate surface area is 249 Å². The molecule has 2 aromatic carbocycles. The van der Waals surface area contributed by atoms with Gasteiger partial charge in [-0.05, 0) is 80.7 Å². The molecule has 2 saturated heterocycles. The first-order valence-electron chi connectivity index (χ1n) is 14.7. The maximum absolute atomic E-state index is 13.0.